The van der Waals surface area contributed by atoms with Crippen LogP contribution in [0.5, 0.6) is 0 Å². The summed E-state index contributed by atoms with van der Waals surface area (Å²) in [5.74, 6) is 4.48. The molecule has 0 saturated heterocycles. The molecule has 3 nitrogen and oxygen atoms in total. The number of fused-ring (bicyclic) bond motifs is 1. The predicted octanol–water partition coefficient (Wildman–Crippen LogP) is 3.65. The number of aryl methyl sites for hydroxylation is 1. The SMILES string of the molecule is ClCCc1nc2cccnc2n1CC(C1CC1)C1CC1. The number of halogens is 1. The minimum atomic E-state index is 0.626. The van der Waals surface area contributed by atoms with Crippen LogP contribution < -0.4 is 0 Å². The molecule has 0 N–H and O–H groups in total. The van der Waals surface area contributed by atoms with Gasteiger partial charge in [-0.2, -0.15) is 0 Å². The van der Waals surface area contributed by atoms with Gasteiger partial charge in [0.1, 0.15) is 11.3 Å². The van der Waals surface area contributed by atoms with E-state index in [9.17, 15) is 0 Å². The molecule has 2 aliphatic carbocycles. The summed E-state index contributed by atoms with van der Waals surface area (Å²) in [4.78, 5) is 9.28. The van der Waals surface area contributed by atoms with Gasteiger partial charge < -0.3 is 4.57 Å². The van der Waals surface area contributed by atoms with Gasteiger partial charge in [-0.05, 0) is 55.6 Å². The molecular weight excluding hydrogens is 270 g/mol. The number of aromatic nitrogens is 3. The van der Waals surface area contributed by atoms with E-state index in [1.165, 1.54) is 25.7 Å². The molecule has 20 heavy (non-hydrogen) atoms. The molecule has 2 aromatic rings. The molecule has 4 heteroatoms. The van der Waals surface area contributed by atoms with Gasteiger partial charge in [0, 0.05) is 25.0 Å². The molecule has 0 atom stereocenters. The zero-order valence-corrected chi connectivity index (χ0v) is 12.4. The summed E-state index contributed by atoms with van der Waals surface area (Å²) in [6, 6.07) is 4.02. The van der Waals surface area contributed by atoms with Crippen LogP contribution >= 0.6 is 11.6 Å². The van der Waals surface area contributed by atoms with Crippen LogP contribution in [0.2, 0.25) is 0 Å². The number of rotatable bonds is 6. The van der Waals surface area contributed by atoms with Crippen molar-refractivity contribution in [2.45, 2.75) is 38.6 Å². The maximum absolute atomic E-state index is 5.95. The maximum Gasteiger partial charge on any atom is 0.159 e. The lowest BCUT2D eigenvalue weighted by molar-refractivity contribution is 0.348. The Morgan fingerprint density at radius 3 is 2.65 bits per heavy atom. The van der Waals surface area contributed by atoms with Crippen molar-refractivity contribution in [2.24, 2.45) is 17.8 Å². The largest absolute Gasteiger partial charge is 0.312 e. The number of alkyl halides is 1. The monoisotopic (exact) mass is 289 g/mol. The molecule has 0 amide bonds. The molecule has 2 aliphatic rings. The predicted molar refractivity (Wildman–Crippen MR) is 80.9 cm³/mol. The van der Waals surface area contributed by atoms with Crippen LogP contribution in [-0.2, 0) is 13.0 Å². The lowest BCUT2D eigenvalue weighted by Gasteiger charge is -2.18. The van der Waals surface area contributed by atoms with Crippen molar-refractivity contribution >= 4 is 22.8 Å². The number of nitrogens with zero attached hydrogens (tertiary/aromatic N) is 3. The molecule has 0 aliphatic heterocycles. The van der Waals surface area contributed by atoms with Crippen molar-refractivity contribution in [3.63, 3.8) is 0 Å². The normalized spacial score (nSPS) is 19.1. The second kappa shape index (κ2) is 5.03. The van der Waals surface area contributed by atoms with Crippen molar-refractivity contribution in [2.75, 3.05) is 5.88 Å². The van der Waals surface area contributed by atoms with E-state index in [1.807, 2.05) is 12.3 Å². The zero-order valence-electron chi connectivity index (χ0n) is 11.6. The van der Waals surface area contributed by atoms with E-state index in [0.29, 0.717) is 5.88 Å². The van der Waals surface area contributed by atoms with Crippen LogP contribution in [0.15, 0.2) is 18.3 Å². The minimum absolute atomic E-state index is 0.626. The molecule has 0 unspecified atom stereocenters. The Balaban J connectivity index is 1.70. The Hall–Kier alpha value is -1.09. The molecule has 0 bridgehead atoms. The topological polar surface area (TPSA) is 30.7 Å². The Kier molecular flexibility index (Phi) is 3.18. The van der Waals surface area contributed by atoms with Crippen LogP contribution in [0.25, 0.3) is 11.2 Å². The average molecular weight is 290 g/mol. The molecular formula is C16H20ClN3. The Morgan fingerprint density at radius 2 is 2.00 bits per heavy atom. The molecule has 2 heterocycles. The van der Waals surface area contributed by atoms with Crippen molar-refractivity contribution in [3.8, 4) is 0 Å². The average Bonchev–Trinajstić information content (AvgIpc) is 3.35. The molecule has 2 saturated carbocycles. The van der Waals surface area contributed by atoms with Crippen LogP contribution in [0.3, 0.4) is 0 Å². The van der Waals surface area contributed by atoms with Crippen molar-refractivity contribution in [1.82, 2.24) is 14.5 Å². The van der Waals surface area contributed by atoms with Crippen molar-refractivity contribution < 1.29 is 0 Å². The van der Waals surface area contributed by atoms with E-state index in [2.05, 4.69) is 15.6 Å². The second-order valence-corrected chi connectivity index (χ2v) is 6.64. The summed E-state index contributed by atoms with van der Waals surface area (Å²) in [7, 11) is 0. The van der Waals surface area contributed by atoms with E-state index in [-0.39, 0.29) is 0 Å². The fraction of sp³-hybridized carbons (Fsp3) is 0.625. The van der Waals surface area contributed by atoms with Crippen LogP contribution in [0.4, 0.5) is 0 Å². The van der Waals surface area contributed by atoms with Gasteiger partial charge >= 0.3 is 0 Å². The first-order chi connectivity index (χ1) is 9.86. The van der Waals surface area contributed by atoms with Gasteiger partial charge in [0.15, 0.2) is 5.65 Å². The highest BCUT2D eigenvalue weighted by molar-refractivity contribution is 6.17. The van der Waals surface area contributed by atoms with Crippen molar-refractivity contribution in [3.05, 3.63) is 24.2 Å². The number of imidazole rings is 1. The first-order valence-electron chi connectivity index (χ1n) is 7.73. The summed E-state index contributed by atoms with van der Waals surface area (Å²) >= 11 is 5.95. The van der Waals surface area contributed by atoms with Gasteiger partial charge in [-0.3, -0.25) is 0 Å². The zero-order chi connectivity index (χ0) is 13.5. The number of hydrogen-bond donors (Lipinski definition) is 0. The van der Waals surface area contributed by atoms with E-state index in [1.54, 1.807) is 0 Å². The lowest BCUT2D eigenvalue weighted by atomic mass is 9.98. The van der Waals surface area contributed by atoms with Gasteiger partial charge in [-0.15, -0.1) is 11.6 Å². The summed E-state index contributed by atoms with van der Waals surface area (Å²) in [5.41, 5.74) is 2.05. The van der Waals surface area contributed by atoms with E-state index in [0.717, 1.165) is 47.7 Å². The van der Waals surface area contributed by atoms with Crippen LogP contribution in [0.1, 0.15) is 31.5 Å². The molecule has 0 spiro atoms. The van der Waals surface area contributed by atoms with Gasteiger partial charge in [-0.25, -0.2) is 9.97 Å². The Morgan fingerprint density at radius 1 is 1.25 bits per heavy atom. The Labute approximate surface area is 124 Å². The third-order valence-electron chi connectivity index (χ3n) is 4.75. The third-order valence-corrected chi connectivity index (χ3v) is 4.94. The van der Waals surface area contributed by atoms with Gasteiger partial charge in [0.2, 0.25) is 0 Å². The summed E-state index contributed by atoms with van der Waals surface area (Å²) < 4.78 is 2.35. The number of pyridine rings is 1. The molecule has 2 aromatic heterocycles. The first-order valence-corrected chi connectivity index (χ1v) is 8.26. The van der Waals surface area contributed by atoms with E-state index >= 15 is 0 Å². The Bertz CT molecular complexity index is 601. The highest BCUT2D eigenvalue weighted by atomic mass is 35.5. The van der Waals surface area contributed by atoms with E-state index in [4.69, 9.17) is 16.6 Å². The molecule has 4 rings (SSSR count). The highest BCUT2D eigenvalue weighted by Gasteiger charge is 2.41. The summed E-state index contributed by atoms with van der Waals surface area (Å²) in [6.45, 7) is 1.09. The molecule has 0 radical (unpaired) electrons. The lowest BCUT2D eigenvalue weighted by Crippen LogP contribution is -2.17. The molecule has 2 fully saturated rings. The smallest absolute Gasteiger partial charge is 0.159 e. The molecule has 0 aromatic carbocycles. The molecule has 106 valence electrons. The maximum atomic E-state index is 5.95. The van der Waals surface area contributed by atoms with Gasteiger partial charge in [0.25, 0.3) is 0 Å². The third kappa shape index (κ3) is 2.32. The van der Waals surface area contributed by atoms with Gasteiger partial charge in [-0.1, -0.05) is 0 Å². The number of hydrogen-bond acceptors (Lipinski definition) is 2. The first kappa shape index (κ1) is 12.6. The fourth-order valence-corrected chi connectivity index (χ4v) is 3.58. The van der Waals surface area contributed by atoms with E-state index < -0.39 is 0 Å². The van der Waals surface area contributed by atoms with Crippen LogP contribution in [0, 0.1) is 17.8 Å². The summed E-state index contributed by atoms with van der Waals surface area (Å²) in [6.07, 6.45) is 8.39. The standard InChI is InChI=1S/C16H20ClN3/c17-8-7-15-19-14-2-1-9-18-16(14)20(15)10-13(11-3-4-11)12-5-6-12/h1-2,9,11-13H,3-8,10H2. The minimum Gasteiger partial charge on any atom is -0.312 e. The highest BCUT2D eigenvalue weighted by Crippen LogP contribution is 2.50. The quantitative estimate of drug-likeness (QED) is 0.760. The second-order valence-electron chi connectivity index (χ2n) is 6.26. The van der Waals surface area contributed by atoms with Crippen molar-refractivity contribution in [1.29, 1.82) is 0 Å². The summed E-state index contributed by atoms with van der Waals surface area (Å²) in [5, 5.41) is 0. The fourth-order valence-electron chi connectivity index (χ4n) is 3.42. The van der Waals surface area contributed by atoms with Gasteiger partial charge in [0.05, 0.1) is 0 Å². The van der Waals surface area contributed by atoms with Crippen LogP contribution in [-0.4, -0.2) is 20.4 Å².